The van der Waals surface area contributed by atoms with Crippen molar-refractivity contribution in [1.82, 2.24) is 5.32 Å². The van der Waals surface area contributed by atoms with E-state index in [1.807, 2.05) is 6.92 Å². The van der Waals surface area contributed by atoms with E-state index in [2.05, 4.69) is 5.32 Å². The molecule has 0 saturated heterocycles. The summed E-state index contributed by atoms with van der Waals surface area (Å²) >= 11 is 0. The molecule has 0 unspecified atom stereocenters. The highest BCUT2D eigenvalue weighted by Gasteiger charge is 2.33. The van der Waals surface area contributed by atoms with Gasteiger partial charge in [-0.1, -0.05) is 13.3 Å². The summed E-state index contributed by atoms with van der Waals surface area (Å²) in [5.74, 6) is -0.213. The highest BCUT2D eigenvalue weighted by molar-refractivity contribution is 6.65. The molecule has 72 valence electrons. The van der Waals surface area contributed by atoms with Crippen molar-refractivity contribution in [2.45, 2.75) is 38.9 Å². The Morgan fingerprint density at radius 1 is 1.58 bits per heavy atom. The third-order valence-corrected chi connectivity index (χ3v) is 3.37. The van der Waals surface area contributed by atoms with Crippen LogP contribution in [0.4, 0.5) is 0 Å². The first-order valence-corrected chi connectivity index (χ1v) is 6.57. The maximum Gasteiger partial charge on any atom is 0.352 e. The molecule has 5 heteroatoms. The Balaban J connectivity index is 4.13. The van der Waals surface area contributed by atoms with Crippen molar-refractivity contribution in [2.75, 3.05) is 0 Å². The summed E-state index contributed by atoms with van der Waals surface area (Å²) in [6, 6.07) is 0. The van der Waals surface area contributed by atoms with Gasteiger partial charge >= 0.3 is 8.56 Å². The zero-order chi connectivity index (χ0) is 9.78. The molecule has 0 aromatic carbocycles. The predicted octanol–water partition coefficient (Wildman–Crippen LogP) is -0.113. The van der Waals surface area contributed by atoms with Crippen LogP contribution >= 0.6 is 0 Å². The van der Waals surface area contributed by atoms with E-state index < -0.39 is 14.2 Å². The Morgan fingerprint density at radius 2 is 2.08 bits per heavy atom. The minimum absolute atomic E-state index is 0.213. The Kier molecular flexibility index (Phi) is 4.44. The van der Waals surface area contributed by atoms with Gasteiger partial charge < -0.3 is 14.9 Å². The molecule has 12 heavy (non-hydrogen) atoms. The molecule has 4 nitrogen and oxygen atoms in total. The van der Waals surface area contributed by atoms with Crippen LogP contribution in [0.2, 0.25) is 6.55 Å². The zero-order valence-corrected chi connectivity index (χ0v) is 8.79. The standard InChI is InChI=1S/C7H17NO3Si/c1-4-5-7(8-6(2)9)12(3,10)11/h7,10-11H,4-5H2,1-3H3,(H,8,9)/t7-/m1/s1. The average Bonchev–Trinajstić information content (AvgIpc) is 1.83. The third-order valence-electron chi connectivity index (χ3n) is 1.61. The van der Waals surface area contributed by atoms with Gasteiger partial charge in [0.15, 0.2) is 0 Å². The number of carbonyl (C=O) groups excluding carboxylic acids is 1. The summed E-state index contributed by atoms with van der Waals surface area (Å²) in [5, 5.41) is 2.54. The highest BCUT2D eigenvalue weighted by atomic mass is 28.4. The normalized spacial score (nSPS) is 14.1. The number of nitrogens with one attached hydrogen (secondary N) is 1. The van der Waals surface area contributed by atoms with Gasteiger partial charge in [0.1, 0.15) is 0 Å². The maximum atomic E-state index is 10.7. The van der Waals surface area contributed by atoms with E-state index in [9.17, 15) is 14.4 Å². The molecule has 0 spiro atoms. The van der Waals surface area contributed by atoms with E-state index in [-0.39, 0.29) is 5.91 Å². The Morgan fingerprint density at radius 3 is 2.33 bits per heavy atom. The van der Waals surface area contributed by atoms with Crippen LogP contribution in [0.5, 0.6) is 0 Å². The SMILES string of the molecule is CCC[C@H](NC(C)=O)[Si](C)(O)O. The van der Waals surface area contributed by atoms with Crippen molar-refractivity contribution >= 4 is 14.5 Å². The Bertz CT molecular complexity index is 155. The molecule has 0 heterocycles. The first kappa shape index (κ1) is 11.6. The summed E-state index contributed by atoms with van der Waals surface area (Å²) in [4.78, 5) is 29.3. The van der Waals surface area contributed by atoms with E-state index in [1.165, 1.54) is 13.5 Å². The van der Waals surface area contributed by atoms with E-state index in [0.717, 1.165) is 6.42 Å². The smallest absolute Gasteiger partial charge is 0.352 e. The number of amides is 1. The lowest BCUT2D eigenvalue weighted by atomic mass is 10.3. The molecule has 0 aromatic rings. The van der Waals surface area contributed by atoms with Gasteiger partial charge in [-0.2, -0.15) is 0 Å². The van der Waals surface area contributed by atoms with Crippen molar-refractivity contribution in [3.8, 4) is 0 Å². The second-order valence-electron chi connectivity index (χ2n) is 3.14. The fourth-order valence-electron chi connectivity index (χ4n) is 1.02. The second kappa shape index (κ2) is 4.59. The van der Waals surface area contributed by atoms with Gasteiger partial charge in [-0.15, -0.1) is 0 Å². The maximum absolute atomic E-state index is 10.7. The number of rotatable bonds is 4. The van der Waals surface area contributed by atoms with Crippen LogP contribution in [-0.4, -0.2) is 29.7 Å². The fraction of sp³-hybridized carbons (Fsp3) is 0.857. The molecule has 1 amide bonds. The quantitative estimate of drug-likeness (QED) is 0.543. The van der Waals surface area contributed by atoms with Gasteiger partial charge in [-0.05, 0) is 13.0 Å². The van der Waals surface area contributed by atoms with Crippen LogP contribution in [0, 0.1) is 0 Å². The Labute approximate surface area is 73.9 Å². The number of carbonyl (C=O) groups is 1. The first-order chi connectivity index (χ1) is 5.38. The van der Waals surface area contributed by atoms with Gasteiger partial charge in [0, 0.05) is 6.92 Å². The largest absolute Gasteiger partial charge is 0.410 e. The predicted molar refractivity (Wildman–Crippen MR) is 48.6 cm³/mol. The lowest BCUT2D eigenvalue weighted by Crippen LogP contribution is -2.54. The summed E-state index contributed by atoms with van der Waals surface area (Å²) in [6.07, 6.45) is 1.45. The second-order valence-corrected chi connectivity index (χ2v) is 6.02. The van der Waals surface area contributed by atoms with Crippen LogP contribution in [0.15, 0.2) is 0 Å². The van der Waals surface area contributed by atoms with Crippen LogP contribution in [0.25, 0.3) is 0 Å². The average molecular weight is 191 g/mol. The summed E-state index contributed by atoms with van der Waals surface area (Å²) in [5.41, 5.74) is -0.444. The molecule has 0 aromatic heterocycles. The van der Waals surface area contributed by atoms with Crippen molar-refractivity contribution in [3.05, 3.63) is 0 Å². The lowest BCUT2D eigenvalue weighted by molar-refractivity contribution is -0.119. The summed E-state index contributed by atoms with van der Waals surface area (Å²) in [6.45, 7) is 4.72. The molecule has 0 saturated carbocycles. The topological polar surface area (TPSA) is 69.6 Å². The van der Waals surface area contributed by atoms with Crippen molar-refractivity contribution in [1.29, 1.82) is 0 Å². The van der Waals surface area contributed by atoms with E-state index in [0.29, 0.717) is 6.42 Å². The van der Waals surface area contributed by atoms with Gasteiger partial charge in [-0.25, -0.2) is 0 Å². The van der Waals surface area contributed by atoms with Crippen LogP contribution in [0.1, 0.15) is 26.7 Å². The molecule has 0 aliphatic rings. The molecule has 3 N–H and O–H groups in total. The summed E-state index contributed by atoms with van der Waals surface area (Å²) < 4.78 is 0. The van der Waals surface area contributed by atoms with Crippen molar-refractivity contribution in [3.63, 3.8) is 0 Å². The van der Waals surface area contributed by atoms with Gasteiger partial charge in [0.05, 0.1) is 5.67 Å². The van der Waals surface area contributed by atoms with Gasteiger partial charge in [0.25, 0.3) is 0 Å². The lowest BCUT2D eigenvalue weighted by Gasteiger charge is -2.24. The molecular formula is C7H17NO3Si. The summed E-state index contributed by atoms with van der Waals surface area (Å²) in [7, 11) is -3.20. The van der Waals surface area contributed by atoms with Crippen molar-refractivity contribution < 1.29 is 14.4 Å². The molecule has 0 aliphatic carbocycles. The number of hydrogen-bond acceptors (Lipinski definition) is 3. The minimum atomic E-state index is -3.20. The monoisotopic (exact) mass is 191 g/mol. The first-order valence-electron chi connectivity index (χ1n) is 4.09. The molecule has 0 aliphatic heterocycles. The molecule has 0 fully saturated rings. The Hall–Kier alpha value is -0.393. The van der Waals surface area contributed by atoms with E-state index in [4.69, 9.17) is 0 Å². The van der Waals surface area contributed by atoms with E-state index in [1.54, 1.807) is 0 Å². The molecule has 0 radical (unpaired) electrons. The highest BCUT2D eigenvalue weighted by Crippen LogP contribution is 2.06. The molecule has 0 rings (SSSR count). The van der Waals surface area contributed by atoms with Crippen molar-refractivity contribution in [2.24, 2.45) is 0 Å². The van der Waals surface area contributed by atoms with Gasteiger partial charge in [0.2, 0.25) is 5.91 Å². The minimum Gasteiger partial charge on any atom is -0.410 e. The van der Waals surface area contributed by atoms with Crippen LogP contribution in [-0.2, 0) is 4.79 Å². The molecular weight excluding hydrogens is 174 g/mol. The third kappa shape index (κ3) is 4.48. The van der Waals surface area contributed by atoms with Crippen LogP contribution < -0.4 is 5.32 Å². The van der Waals surface area contributed by atoms with Gasteiger partial charge in [-0.3, -0.25) is 4.79 Å². The molecule has 1 atom stereocenters. The van der Waals surface area contributed by atoms with E-state index >= 15 is 0 Å². The fourth-order valence-corrected chi connectivity index (χ4v) is 2.33. The van der Waals surface area contributed by atoms with Crippen LogP contribution in [0.3, 0.4) is 0 Å². The molecule has 0 bridgehead atoms. The number of hydrogen-bond donors (Lipinski definition) is 3. The zero-order valence-electron chi connectivity index (χ0n) is 7.79.